The SMILES string of the molecule is CCOC(=O)CC(=O)C1CCN(C(=O)OC)C(c2ccc(C(C)(C)C)cc2)C1. The summed E-state index contributed by atoms with van der Waals surface area (Å²) in [5, 5.41) is 0. The molecule has 6 nitrogen and oxygen atoms in total. The summed E-state index contributed by atoms with van der Waals surface area (Å²) in [5.41, 5.74) is 2.20. The Balaban J connectivity index is 2.21. The molecule has 1 aliphatic heterocycles. The number of esters is 1. The van der Waals surface area contributed by atoms with Crippen LogP contribution in [0.25, 0.3) is 0 Å². The van der Waals surface area contributed by atoms with Crippen LogP contribution in [0.4, 0.5) is 4.79 Å². The van der Waals surface area contributed by atoms with Crippen LogP contribution in [0.15, 0.2) is 24.3 Å². The molecule has 1 amide bonds. The predicted molar refractivity (Wildman–Crippen MR) is 106 cm³/mol. The summed E-state index contributed by atoms with van der Waals surface area (Å²) in [4.78, 5) is 38.2. The van der Waals surface area contributed by atoms with E-state index in [-0.39, 0.29) is 36.2 Å². The highest BCUT2D eigenvalue weighted by molar-refractivity contribution is 5.97. The number of amides is 1. The van der Waals surface area contributed by atoms with Gasteiger partial charge in [0.25, 0.3) is 0 Å². The van der Waals surface area contributed by atoms with Gasteiger partial charge < -0.3 is 14.4 Å². The fourth-order valence-corrected chi connectivity index (χ4v) is 3.61. The molecule has 0 radical (unpaired) electrons. The highest BCUT2D eigenvalue weighted by atomic mass is 16.5. The van der Waals surface area contributed by atoms with Crippen molar-refractivity contribution in [3.63, 3.8) is 0 Å². The van der Waals surface area contributed by atoms with Crippen LogP contribution < -0.4 is 0 Å². The maximum atomic E-state index is 12.6. The standard InChI is InChI=1S/C22H31NO5/c1-6-28-20(25)14-19(24)16-11-12-23(21(26)27-5)18(13-16)15-7-9-17(10-8-15)22(2,3)4/h7-10,16,18H,6,11-14H2,1-5H3. The third kappa shape index (κ3) is 5.33. The molecule has 0 spiro atoms. The molecule has 2 rings (SSSR count). The second kappa shape index (κ2) is 9.22. The van der Waals surface area contributed by atoms with E-state index in [2.05, 4.69) is 32.9 Å². The van der Waals surface area contributed by atoms with E-state index in [0.29, 0.717) is 19.4 Å². The number of hydrogen-bond donors (Lipinski definition) is 0. The summed E-state index contributed by atoms with van der Waals surface area (Å²) in [6, 6.07) is 7.90. The van der Waals surface area contributed by atoms with Gasteiger partial charge in [0.2, 0.25) is 0 Å². The lowest BCUT2D eigenvalue weighted by Crippen LogP contribution is -2.43. The van der Waals surface area contributed by atoms with Gasteiger partial charge in [0.1, 0.15) is 12.2 Å². The van der Waals surface area contributed by atoms with Crippen molar-refractivity contribution in [1.29, 1.82) is 0 Å². The zero-order chi connectivity index (χ0) is 20.9. The van der Waals surface area contributed by atoms with Crippen LogP contribution in [-0.2, 0) is 24.5 Å². The van der Waals surface area contributed by atoms with Crippen molar-refractivity contribution >= 4 is 17.8 Å². The molecular weight excluding hydrogens is 358 g/mol. The number of Topliss-reactive ketones (excluding diaryl/α,β-unsaturated/α-hetero) is 1. The molecule has 2 atom stereocenters. The molecule has 1 heterocycles. The van der Waals surface area contributed by atoms with Crippen LogP contribution in [0.2, 0.25) is 0 Å². The van der Waals surface area contributed by atoms with Gasteiger partial charge in [0.15, 0.2) is 0 Å². The van der Waals surface area contributed by atoms with Crippen LogP contribution in [0.5, 0.6) is 0 Å². The van der Waals surface area contributed by atoms with Crippen molar-refractivity contribution in [3.8, 4) is 0 Å². The summed E-state index contributed by atoms with van der Waals surface area (Å²) in [7, 11) is 1.36. The van der Waals surface area contributed by atoms with Crippen molar-refractivity contribution in [2.45, 2.75) is 58.4 Å². The fraction of sp³-hybridized carbons (Fsp3) is 0.591. The first-order valence-corrected chi connectivity index (χ1v) is 9.80. The molecule has 28 heavy (non-hydrogen) atoms. The van der Waals surface area contributed by atoms with Crippen LogP contribution in [0.3, 0.4) is 0 Å². The molecule has 1 aromatic rings. The summed E-state index contributed by atoms with van der Waals surface area (Å²) in [6.07, 6.45) is 0.375. The number of rotatable bonds is 5. The number of methoxy groups -OCH3 is 1. The van der Waals surface area contributed by atoms with Crippen LogP contribution in [-0.4, -0.2) is 43.0 Å². The fourth-order valence-electron chi connectivity index (χ4n) is 3.61. The molecule has 2 unspecified atom stereocenters. The number of benzene rings is 1. The summed E-state index contributed by atoms with van der Waals surface area (Å²) in [5.74, 6) is -0.897. The lowest BCUT2D eigenvalue weighted by atomic mass is 9.82. The molecule has 1 aromatic carbocycles. The molecule has 6 heteroatoms. The summed E-state index contributed by atoms with van der Waals surface area (Å²) < 4.78 is 9.83. The quantitative estimate of drug-likeness (QED) is 0.562. The van der Waals surface area contributed by atoms with Crippen molar-refractivity contribution in [2.24, 2.45) is 5.92 Å². The summed E-state index contributed by atoms with van der Waals surface area (Å²) in [6.45, 7) is 8.83. The van der Waals surface area contributed by atoms with Gasteiger partial charge in [-0.25, -0.2) is 4.79 Å². The Hall–Kier alpha value is -2.37. The van der Waals surface area contributed by atoms with Crippen LogP contribution in [0.1, 0.15) is 64.1 Å². The second-order valence-electron chi connectivity index (χ2n) is 8.22. The van der Waals surface area contributed by atoms with Gasteiger partial charge in [0.05, 0.1) is 19.8 Å². The van der Waals surface area contributed by atoms with E-state index in [4.69, 9.17) is 9.47 Å². The maximum absolute atomic E-state index is 12.6. The Kier molecular flexibility index (Phi) is 7.22. The van der Waals surface area contributed by atoms with E-state index >= 15 is 0 Å². The van der Waals surface area contributed by atoms with Gasteiger partial charge >= 0.3 is 12.1 Å². The third-order valence-corrected chi connectivity index (χ3v) is 5.25. The monoisotopic (exact) mass is 389 g/mol. The molecule has 1 saturated heterocycles. The number of piperidine rings is 1. The molecule has 0 N–H and O–H groups in total. The highest BCUT2D eigenvalue weighted by Gasteiger charge is 2.36. The number of ether oxygens (including phenoxy) is 2. The van der Waals surface area contributed by atoms with E-state index in [9.17, 15) is 14.4 Å². The van der Waals surface area contributed by atoms with Crippen molar-refractivity contribution in [1.82, 2.24) is 4.90 Å². The normalized spacial score (nSPS) is 19.8. The minimum atomic E-state index is -0.492. The second-order valence-corrected chi connectivity index (χ2v) is 8.22. The van der Waals surface area contributed by atoms with Crippen LogP contribution >= 0.6 is 0 Å². The van der Waals surface area contributed by atoms with E-state index in [1.165, 1.54) is 12.7 Å². The minimum absolute atomic E-state index is 0.0330. The molecule has 1 aliphatic rings. The van der Waals surface area contributed by atoms with Crippen molar-refractivity contribution in [2.75, 3.05) is 20.3 Å². The number of carbonyl (C=O) groups is 3. The zero-order valence-corrected chi connectivity index (χ0v) is 17.5. The first-order chi connectivity index (χ1) is 13.2. The molecule has 154 valence electrons. The first-order valence-electron chi connectivity index (χ1n) is 9.80. The lowest BCUT2D eigenvalue weighted by Gasteiger charge is -2.38. The topological polar surface area (TPSA) is 72.9 Å². The molecule has 0 aliphatic carbocycles. The van der Waals surface area contributed by atoms with E-state index < -0.39 is 12.1 Å². The van der Waals surface area contributed by atoms with Gasteiger partial charge in [-0.3, -0.25) is 9.59 Å². The Morgan fingerprint density at radius 1 is 1.14 bits per heavy atom. The largest absolute Gasteiger partial charge is 0.466 e. The number of likely N-dealkylation sites (tertiary alicyclic amines) is 1. The van der Waals surface area contributed by atoms with Gasteiger partial charge in [0, 0.05) is 12.5 Å². The van der Waals surface area contributed by atoms with E-state index in [1.807, 2.05) is 12.1 Å². The minimum Gasteiger partial charge on any atom is -0.466 e. The smallest absolute Gasteiger partial charge is 0.409 e. The molecule has 0 bridgehead atoms. The number of nitrogens with zero attached hydrogens (tertiary/aromatic N) is 1. The predicted octanol–water partition coefficient (Wildman–Crippen LogP) is 4.03. The van der Waals surface area contributed by atoms with Gasteiger partial charge in [-0.05, 0) is 36.3 Å². The van der Waals surface area contributed by atoms with Gasteiger partial charge in [-0.1, -0.05) is 45.0 Å². The Morgan fingerprint density at radius 3 is 2.32 bits per heavy atom. The highest BCUT2D eigenvalue weighted by Crippen LogP contribution is 2.36. The van der Waals surface area contributed by atoms with E-state index in [0.717, 1.165) is 5.56 Å². The van der Waals surface area contributed by atoms with E-state index in [1.54, 1.807) is 11.8 Å². The average molecular weight is 389 g/mol. The molecular formula is C22H31NO5. The van der Waals surface area contributed by atoms with Crippen molar-refractivity contribution in [3.05, 3.63) is 35.4 Å². The average Bonchev–Trinajstić information content (AvgIpc) is 2.66. The van der Waals surface area contributed by atoms with Crippen LogP contribution in [0, 0.1) is 5.92 Å². The maximum Gasteiger partial charge on any atom is 0.409 e. The number of ketones is 1. The summed E-state index contributed by atoms with van der Waals surface area (Å²) >= 11 is 0. The third-order valence-electron chi connectivity index (χ3n) is 5.25. The number of hydrogen-bond acceptors (Lipinski definition) is 5. The lowest BCUT2D eigenvalue weighted by molar-refractivity contribution is -0.146. The molecule has 0 saturated carbocycles. The molecule has 0 aromatic heterocycles. The van der Waals surface area contributed by atoms with Gasteiger partial charge in [-0.2, -0.15) is 0 Å². The molecule has 1 fully saturated rings. The Morgan fingerprint density at radius 2 is 1.79 bits per heavy atom. The Bertz CT molecular complexity index is 705. The van der Waals surface area contributed by atoms with Crippen molar-refractivity contribution < 1.29 is 23.9 Å². The van der Waals surface area contributed by atoms with Gasteiger partial charge in [-0.15, -0.1) is 0 Å². The number of carbonyl (C=O) groups excluding carboxylic acids is 3. The first kappa shape index (κ1) is 21.9. The zero-order valence-electron chi connectivity index (χ0n) is 17.5. The Labute approximate surface area is 167 Å².